The van der Waals surface area contributed by atoms with Crippen LogP contribution in [0.25, 0.3) is 0 Å². The number of benzene rings is 2. The van der Waals surface area contributed by atoms with Crippen molar-refractivity contribution in [2.45, 2.75) is 20.8 Å². The molecule has 18 heavy (non-hydrogen) atoms. The van der Waals surface area contributed by atoms with E-state index in [1.54, 1.807) is 0 Å². The molecule has 0 spiro atoms. The van der Waals surface area contributed by atoms with Gasteiger partial charge in [-0.25, -0.2) is 0 Å². The quantitative estimate of drug-likeness (QED) is 0.674. The van der Waals surface area contributed by atoms with Crippen molar-refractivity contribution in [3.05, 3.63) is 72.3 Å². The van der Waals surface area contributed by atoms with Gasteiger partial charge in [0.15, 0.2) is 0 Å². The van der Waals surface area contributed by atoms with Crippen molar-refractivity contribution in [3.8, 4) is 0 Å². The summed E-state index contributed by atoms with van der Waals surface area (Å²) in [6, 6.07) is 22.3. The SMILES string of the molecule is CC(C)=O.Cc1ccccc1.Cl.c1ccccc1. The zero-order chi connectivity index (χ0) is 12.9. The Morgan fingerprint density at radius 1 is 0.722 bits per heavy atom. The van der Waals surface area contributed by atoms with Crippen molar-refractivity contribution < 1.29 is 4.79 Å². The maximum Gasteiger partial charge on any atom is 0.126 e. The summed E-state index contributed by atoms with van der Waals surface area (Å²) in [5, 5.41) is 0. The monoisotopic (exact) mass is 264 g/mol. The van der Waals surface area contributed by atoms with E-state index in [0.717, 1.165) is 0 Å². The van der Waals surface area contributed by atoms with Gasteiger partial charge in [-0.15, -0.1) is 12.4 Å². The first-order valence-corrected chi connectivity index (χ1v) is 5.61. The fourth-order valence-electron chi connectivity index (χ4n) is 0.919. The summed E-state index contributed by atoms with van der Waals surface area (Å²) in [4.78, 5) is 9.44. The fraction of sp³-hybridized carbons (Fsp3) is 0.188. The van der Waals surface area contributed by atoms with Crippen LogP contribution >= 0.6 is 12.4 Å². The minimum absolute atomic E-state index is 0. The van der Waals surface area contributed by atoms with Gasteiger partial charge in [-0.1, -0.05) is 72.3 Å². The first-order valence-electron chi connectivity index (χ1n) is 5.61. The molecule has 2 aromatic rings. The molecule has 0 saturated heterocycles. The molecule has 0 bridgehead atoms. The van der Waals surface area contributed by atoms with Crippen LogP contribution in [0.2, 0.25) is 0 Å². The second kappa shape index (κ2) is 13.5. The van der Waals surface area contributed by atoms with Crippen LogP contribution in [0.4, 0.5) is 0 Å². The molecular weight excluding hydrogens is 244 g/mol. The van der Waals surface area contributed by atoms with Gasteiger partial charge in [0, 0.05) is 0 Å². The highest BCUT2D eigenvalue weighted by Gasteiger charge is 1.72. The number of carbonyl (C=O) groups is 1. The minimum atomic E-state index is 0. The van der Waals surface area contributed by atoms with Crippen LogP contribution in [0.1, 0.15) is 19.4 Å². The summed E-state index contributed by atoms with van der Waals surface area (Å²) in [5.74, 6) is 0.167. The standard InChI is InChI=1S/C7H8.C6H6.C3H6O.ClH/c1-7-5-3-2-4-6-7;1-2-4-6-5-3-1;1-3(2)4;/h2-6H,1H3;1-6H;1-2H3;1H. The summed E-state index contributed by atoms with van der Waals surface area (Å²) in [6.07, 6.45) is 0. The van der Waals surface area contributed by atoms with Gasteiger partial charge in [0.1, 0.15) is 5.78 Å². The predicted molar refractivity (Wildman–Crippen MR) is 81.2 cm³/mol. The largest absolute Gasteiger partial charge is 0.300 e. The highest BCUT2D eigenvalue weighted by atomic mass is 35.5. The number of carbonyl (C=O) groups excluding carboxylic acids is 1. The molecule has 2 rings (SSSR count). The average molecular weight is 265 g/mol. The molecule has 0 heterocycles. The number of hydrogen-bond acceptors (Lipinski definition) is 1. The van der Waals surface area contributed by atoms with Crippen molar-refractivity contribution in [3.63, 3.8) is 0 Å². The Hall–Kier alpha value is -1.60. The number of halogens is 1. The maximum absolute atomic E-state index is 9.44. The molecule has 0 N–H and O–H groups in total. The van der Waals surface area contributed by atoms with Gasteiger partial charge in [-0.2, -0.15) is 0 Å². The van der Waals surface area contributed by atoms with Gasteiger partial charge >= 0.3 is 0 Å². The summed E-state index contributed by atoms with van der Waals surface area (Å²) >= 11 is 0. The summed E-state index contributed by atoms with van der Waals surface area (Å²) in [6.45, 7) is 5.14. The van der Waals surface area contributed by atoms with Gasteiger partial charge in [-0.3, -0.25) is 0 Å². The number of aryl methyl sites for hydroxylation is 1. The van der Waals surface area contributed by atoms with Crippen molar-refractivity contribution in [2.75, 3.05) is 0 Å². The molecule has 0 saturated carbocycles. The lowest BCUT2D eigenvalue weighted by Crippen LogP contribution is -1.69. The van der Waals surface area contributed by atoms with E-state index >= 15 is 0 Å². The molecule has 0 aliphatic heterocycles. The third-order valence-electron chi connectivity index (χ3n) is 1.61. The van der Waals surface area contributed by atoms with E-state index in [9.17, 15) is 4.79 Å². The van der Waals surface area contributed by atoms with Crippen LogP contribution in [0.15, 0.2) is 66.7 Å². The molecule has 0 fully saturated rings. The molecule has 0 aliphatic carbocycles. The molecule has 0 atom stereocenters. The van der Waals surface area contributed by atoms with Crippen LogP contribution in [0.5, 0.6) is 0 Å². The van der Waals surface area contributed by atoms with Crippen molar-refractivity contribution >= 4 is 18.2 Å². The normalized spacial score (nSPS) is 7.50. The zero-order valence-electron chi connectivity index (χ0n) is 11.2. The zero-order valence-corrected chi connectivity index (χ0v) is 12.0. The predicted octanol–water partition coefficient (Wildman–Crippen LogP) is 4.70. The summed E-state index contributed by atoms with van der Waals surface area (Å²) in [5.41, 5.74) is 1.32. The maximum atomic E-state index is 9.44. The molecule has 0 radical (unpaired) electrons. The van der Waals surface area contributed by atoms with Crippen molar-refractivity contribution in [1.29, 1.82) is 0 Å². The van der Waals surface area contributed by atoms with E-state index in [1.807, 2.05) is 54.6 Å². The smallest absolute Gasteiger partial charge is 0.126 e. The second-order valence-corrected chi connectivity index (χ2v) is 3.72. The lowest BCUT2D eigenvalue weighted by molar-refractivity contribution is -0.114. The second-order valence-electron chi connectivity index (χ2n) is 3.72. The molecular formula is C16H21ClO. The Labute approximate surface area is 116 Å². The van der Waals surface area contributed by atoms with Crippen LogP contribution in [0, 0.1) is 6.92 Å². The van der Waals surface area contributed by atoms with Crippen LogP contribution in [-0.2, 0) is 4.79 Å². The molecule has 0 aliphatic rings. The molecule has 98 valence electrons. The van der Waals surface area contributed by atoms with Gasteiger partial charge < -0.3 is 4.79 Å². The summed E-state index contributed by atoms with van der Waals surface area (Å²) in [7, 11) is 0. The van der Waals surface area contributed by atoms with E-state index in [0.29, 0.717) is 0 Å². The first kappa shape index (κ1) is 18.8. The Morgan fingerprint density at radius 3 is 1.11 bits per heavy atom. The number of ketones is 1. The molecule has 2 aromatic carbocycles. The van der Waals surface area contributed by atoms with E-state index in [2.05, 4.69) is 19.1 Å². The highest BCUT2D eigenvalue weighted by Crippen LogP contribution is 1.92. The number of rotatable bonds is 0. The summed E-state index contributed by atoms with van der Waals surface area (Å²) < 4.78 is 0. The molecule has 0 aromatic heterocycles. The topological polar surface area (TPSA) is 17.1 Å². The van der Waals surface area contributed by atoms with Gasteiger partial charge in [0.05, 0.1) is 0 Å². The lowest BCUT2D eigenvalue weighted by atomic mass is 10.2. The van der Waals surface area contributed by atoms with Crippen molar-refractivity contribution in [2.24, 2.45) is 0 Å². The van der Waals surface area contributed by atoms with Crippen LogP contribution in [0.3, 0.4) is 0 Å². The molecule has 2 heteroatoms. The molecule has 0 unspecified atom stereocenters. The number of Topliss-reactive ketones (excluding diaryl/α,β-unsaturated/α-hetero) is 1. The van der Waals surface area contributed by atoms with E-state index in [-0.39, 0.29) is 18.2 Å². The minimum Gasteiger partial charge on any atom is -0.300 e. The van der Waals surface area contributed by atoms with Crippen molar-refractivity contribution in [1.82, 2.24) is 0 Å². The Kier molecular flexibility index (Phi) is 14.0. The Balaban J connectivity index is 0. The van der Waals surface area contributed by atoms with Gasteiger partial charge in [-0.05, 0) is 20.8 Å². The van der Waals surface area contributed by atoms with Crippen LogP contribution < -0.4 is 0 Å². The highest BCUT2D eigenvalue weighted by molar-refractivity contribution is 5.85. The van der Waals surface area contributed by atoms with Gasteiger partial charge in [0.25, 0.3) is 0 Å². The van der Waals surface area contributed by atoms with E-state index < -0.39 is 0 Å². The molecule has 1 nitrogen and oxygen atoms in total. The van der Waals surface area contributed by atoms with E-state index in [1.165, 1.54) is 19.4 Å². The lowest BCUT2D eigenvalue weighted by Gasteiger charge is -1.82. The number of hydrogen-bond donors (Lipinski definition) is 0. The third kappa shape index (κ3) is 16.8. The van der Waals surface area contributed by atoms with Crippen LogP contribution in [-0.4, -0.2) is 5.78 Å². The van der Waals surface area contributed by atoms with Gasteiger partial charge in [0.2, 0.25) is 0 Å². The Bertz CT molecular complexity index is 354. The van der Waals surface area contributed by atoms with E-state index in [4.69, 9.17) is 0 Å². The Morgan fingerprint density at radius 2 is 0.944 bits per heavy atom. The molecule has 0 amide bonds. The fourth-order valence-corrected chi connectivity index (χ4v) is 0.919. The third-order valence-corrected chi connectivity index (χ3v) is 1.61. The average Bonchev–Trinajstić information content (AvgIpc) is 2.32. The first-order chi connectivity index (χ1) is 8.13.